The first kappa shape index (κ1) is 10.8. The molecule has 0 saturated heterocycles. The molecule has 1 heterocycles. The van der Waals surface area contributed by atoms with Crippen LogP contribution in [0.5, 0.6) is 0 Å². The Balaban J connectivity index is 2.35. The molecule has 2 aromatic rings. The van der Waals surface area contributed by atoms with Crippen LogP contribution in [0.2, 0.25) is 0 Å². The predicted molar refractivity (Wildman–Crippen MR) is 63.6 cm³/mol. The van der Waals surface area contributed by atoms with Gasteiger partial charge in [-0.1, -0.05) is 23.4 Å². The first-order chi connectivity index (χ1) is 7.72. The Morgan fingerprint density at radius 3 is 2.75 bits per heavy atom. The predicted octanol–water partition coefficient (Wildman–Crippen LogP) is 1.86. The molecule has 0 aliphatic heterocycles. The molecule has 0 aliphatic carbocycles. The van der Waals surface area contributed by atoms with E-state index in [1.807, 2.05) is 36.1 Å². The van der Waals surface area contributed by atoms with Gasteiger partial charge in [0.2, 0.25) is 0 Å². The second kappa shape index (κ2) is 4.45. The summed E-state index contributed by atoms with van der Waals surface area (Å²) in [5, 5.41) is 11.4. The molecule has 0 bridgehead atoms. The smallest absolute Gasteiger partial charge is 0.0998 e. The third-order valence-electron chi connectivity index (χ3n) is 2.75. The van der Waals surface area contributed by atoms with Crippen molar-refractivity contribution >= 4 is 0 Å². The van der Waals surface area contributed by atoms with Crippen molar-refractivity contribution in [2.45, 2.75) is 19.9 Å². The van der Waals surface area contributed by atoms with Crippen molar-refractivity contribution in [1.82, 2.24) is 20.3 Å². The lowest BCUT2D eigenvalue weighted by Crippen LogP contribution is -2.12. The van der Waals surface area contributed by atoms with Crippen LogP contribution in [-0.2, 0) is 0 Å². The Morgan fingerprint density at radius 1 is 1.31 bits per heavy atom. The Labute approximate surface area is 95.3 Å². The molecule has 1 aromatic heterocycles. The topological polar surface area (TPSA) is 42.7 Å². The normalized spacial score (nSPS) is 12.7. The molecule has 0 aliphatic rings. The Hall–Kier alpha value is -1.68. The van der Waals surface area contributed by atoms with Gasteiger partial charge in [-0.3, -0.25) is 0 Å². The average molecular weight is 216 g/mol. The quantitative estimate of drug-likeness (QED) is 0.851. The van der Waals surface area contributed by atoms with Crippen molar-refractivity contribution in [2.75, 3.05) is 7.05 Å². The van der Waals surface area contributed by atoms with E-state index >= 15 is 0 Å². The molecule has 1 atom stereocenters. The lowest BCUT2D eigenvalue weighted by molar-refractivity contribution is 0.630. The van der Waals surface area contributed by atoms with E-state index in [1.54, 1.807) is 0 Å². The molecule has 0 amide bonds. The number of aryl methyl sites for hydroxylation is 1. The van der Waals surface area contributed by atoms with Gasteiger partial charge in [0.15, 0.2) is 0 Å². The number of hydrogen-bond donors (Lipinski definition) is 1. The SMILES string of the molecule is CNC(C)c1cn(-c2ccccc2C)nn1. The van der Waals surface area contributed by atoms with Crippen LogP contribution in [0.1, 0.15) is 24.2 Å². The molecule has 1 N–H and O–H groups in total. The molecular formula is C12H16N4. The first-order valence-corrected chi connectivity index (χ1v) is 5.38. The van der Waals surface area contributed by atoms with E-state index in [-0.39, 0.29) is 6.04 Å². The summed E-state index contributed by atoms with van der Waals surface area (Å²) in [7, 11) is 1.91. The summed E-state index contributed by atoms with van der Waals surface area (Å²) >= 11 is 0. The second-order valence-electron chi connectivity index (χ2n) is 3.88. The maximum atomic E-state index is 4.15. The number of rotatable bonds is 3. The summed E-state index contributed by atoms with van der Waals surface area (Å²) < 4.78 is 1.82. The van der Waals surface area contributed by atoms with Gasteiger partial charge < -0.3 is 5.32 Å². The fourth-order valence-corrected chi connectivity index (χ4v) is 1.56. The average Bonchev–Trinajstić information content (AvgIpc) is 2.78. The lowest BCUT2D eigenvalue weighted by atomic mass is 10.2. The standard InChI is InChI=1S/C12H16N4/c1-9-6-4-5-7-12(9)16-8-11(14-15-16)10(2)13-3/h4-8,10,13H,1-3H3. The van der Waals surface area contributed by atoms with Gasteiger partial charge in [0.1, 0.15) is 0 Å². The highest BCUT2D eigenvalue weighted by atomic mass is 15.4. The van der Waals surface area contributed by atoms with Crippen LogP contribution < -0.4 is 5.32 Å². The van der Waals surface area contributed by atoms with E-state index in [0.717, 1.165) is 11.4 Å². The molecule has 0 radical (unpaired) electrons. The van der Waals surface area contributed by atoms with Crippen molar-refractivity contribution in [1.29, 1.82) is 0 Å². The second-order valence-corrected chi connectivity index (χ2v) is 3.88. The van der Waals surface area contributed by atoms with E-state index in [2.05, 4.69) is 35.5 Å². The monoisotopic (exact) mass is 216 g/mol. The minimum atomic E-state index is 0.220. The van der Waals surface area contributed by atoms with Crippen molar-refractivity contribution in [3.63, 3.8) is 0 Å². The molecule has 0 fully saturated rings. The molecular weight excluding hydrogens is 200 g/mol. The van der Waals surface area contributed by atoms with Gasteiger partial charge in [-0.05, 0) is 32.5 Å². The molecule has 2 rings (SSSR count). The number of aromatic nitrogens is 3. The maximum absolute atomic E-state index is 4.15. The largest absolute Gasteiger partial charge is 0.312 e. The van der Waals surface area contributed by atoms with Gasteiger partial charge in [-0.15, -0.1) is 5.10 Å². The van der Waals surface area contributed by atoms with E-state index in [0.29, 0.717) is 0 Å². The van der Waals surface area contributed by atoms with Gasteiger partial charge in [0, 0.05) is 6.04 Å². The number of nitrogens with zero attached hydrogens (tertiary/aromatic N) is 3. The van der Waals surface area contributed by atoms with Gasteiger partial charge >= 0.3 is 0 Å². The van der Waals surface area contributed by atoms with Crippen LogP contribution in [0, 0.1) is 6.92 Å². The molecule has 4 heteroatoms. The molecule has 16 heavy (non-hydrogen) atoms. The van der Waals surface area contributed by atoms with E-state index in [4.69, 9.17) is 0 Å². The molecule has 84 valence electrons. The van der Waals surface area contributed by atoms with Gasteiger partial charge in [0.05, 0.1) is 17.6 Å². The van der Waals surface area contributed by atoms with Gasteiger partial charge in [-0.2, -0.15) is 0 Å². The summed E-state index contributed by atoms with van der Waals surface area (Å²) in [4.78, 5) is 0. The lowest BCUT2D eigenvalue weighted by Gasteiger charge is -2.05. The van der Waals surface area contributed by atoms with Crippen LogP contribution >= 0.6 is 0 Å². The van der Waals surface area contributed by atoms with Crippen molar-refractivity contribution in [2.24, 2.45) is 0 Å². The fraction of sp³-hybridized carbons (Fsp3) is 0.333. The molecule has 4 nitrogen and oxygen atoms in total. The van der Waals surface area contributed by atoms with Crippen LogP contribution in [0.15, 0.2) is 30.5 Å². The Bertz CT molecular complexity index is 475. The summed E-state index contributed by atoms with van der Waals surface area (Å²) in [5.41, 5.74) is 3.21. The number of para-hydroxylation sites is 1. The Kier molecular flexibility index (Phi) is 3.01. The highest BCUT2D eigenvalue weighted by Crippen LogP contribution is 2.14. The highest BCUT2D eigenvalue weighted by molar-refractivity contribution is 5.39. The third-order valence-corrected chi connectivity index (χ3v) is 2.75. The Morgan fingerprint density at radius 2 is 2.06 bits per heavy atom. The zero-order chi connectivity index (χ0) is 11.5. The van der Waals surface area contributed by atoms with E-state index < -0.39 is 0 Å². The van der Waals surface area contributed by atoms with Crippen LogP contribution in [-0.4, -0.2) is 22.0 Å². The van der Waals surface area contributed by atoms with Crippen molar-refractivity contribution in [3.05, 3.63) is 41.7 Å². The number of hydrogen-bond acceptors (Lipinski definition) is 3. The summed E-state index contributed by atoms with van der Waals surface area (Å²) in [5.74, 6) is 0. The van der Waals surface area contributed by atoms with Crippen molar-refractivity contribution < 1.29 is 0 Å². The highest BCUT2D eigenvalue weighted by Gasteiger charge is 2.09. The first-order valence-electron chi connectivity index (χ1n) is 5.38. The summed E-state index contributed by atoms with van der Waals surface area (Å²) in [6, 6.07) is 8.35. The fourth-order valence-electron chi connectivity index (χ4n) is 1.56. The molecule has 0 spiro atoms. The summed E-state index contributed by atoms with van der Waals surface area (Å²) in [6.07, 6.45) is 1.96. The third kappa shape index (κ3) is 1.97. The zero-order valence-corrected chi connectivity index (χ0v) is 9.81. The van der Waals surface area contributed by atoms with Crippen LogP contribution in [0.4, 0.5) is 0 Å². The minimum absolute atomic E-state index is 0.220. The van der Waals surface area contributed by atoms with Gasteiger partial charge in [-0.25, -0.2) is 4.68 Å². The van der Waals surface area contributed by atoms with E-state index in [9.17, 15) is 0 Å². The molecule has 1 unspecified atom stereocenters. The summed E-state index contributed by atoms with van der Waals surface area (Å²) in [6.45, 7) is 4.13. The van der Waals surface area contributed by atoms with Crippen LogP contribution in [0.3, 0.4) is 0 Å². The van der Waals surface area contributed by atoms with E-state index in [1.165, 1.54) is 5.56 Å². The maximum Gasteiger partial charge on any atom is 0.0998 e. The van der Waals surface area contributed by atoms with Gasteiger partial charge in [0.25, 0.3) is 0 Å². The number of benzene rings is 1. The van der Waals surface area contributed by atoms with Crippen LogP contribution in [0.25, 0.3) is 5.69 Å². The molecule has 1 aromatic carbocycles. The zero-order valence-electron chi connectivity index (χ0n) is 9.81. The minimum Gasteiger partial charge on any atom is -0.312 e. The number of nitrogens with one attached hydrogen (secondary N) is 1. The molecule has 0 saturated carbocycles. The van der Waals surface area contributed by atoms with Crippen molar-refractivity contribution in [3.8, 4) is 5.69 Å².